The fourth-order valence-corrected chi connectivity index (χ4v) is 1.81. The van der Waals surface area contributed by atoms with Gasteiger partial charge in [0.05, 0.1) is 12.2 Å². The van der Waals surface area contributed by atoms with E-state index in [1.807, 2.05) is 20.8 Å². The Bertz CT molecular complexity index is 519. The largest absolute Gasteiger partial charge is 0.368 e. The lowest BCUT2D eigenvalue weighted by molar-refractivity contribution is -0.116. The van der Waals surface area contributed by atoms with Crippen molar-refractivity contribution in [3.8, 4) is 6.07 Å². The fraction of sp³-hybridized carbons (Fsp3) is 0.538. The molecule has 2 N–H and O–H groups in total. The third-order valence-electron chi connectivity index (χ3n) is 2.78. The van der Waals surface area contributed by atoms with Crippen LogP contribution in [0.3, 0.4) is 0 Å². The van der Waals surface area contributed by atoms with Gasteiger partial charge >= 0.3 is 0 Å². The molecule has 1 aromatic heterocycles. The summed E-state index contributed by atoms with van der Waals surface area (Å²) in [6.07, 6.45) is 0. The predicted molar refractivity (Wildman–Crippen MR) is 72.5 cm³/mol. The Morgan fingerprint density at radius 1 is 1.42 bits per heavy atom. The lowest BCUT2D eigenvalue weighted by Crippen LogP contribution is -2.37. The maximum absolute atomic E-state index is 11.2. The number of nitriles is 1. The van der Waals surface area contributed by atoms with Crippen LogP contribution in [0.4, 0.5) is 5.82 Å². The molecule has 0 fully saturated rings. The highest BCUT2D eigenvalue weighted by atomic mass is 16.1. The minimum Gasteiger partial charge on any atom is -0.368 e. The van der Waals surface area contributed by atoms with Crippen molar-refractivity contribution in [2.45, 2.75) is 27.7 Å². The van der Waals surface area contributed by atoms with Crippen molar-refractivity contribution >= 4 is 11.7 Å². The van der Waals surface area contributed by atoms with E-state index in [-0.39, 0.29) is 6.54 Å². The number of primary amides is 1. The molecule has 0 aliphatic rings. The van der Waals surface area contributed by atoms with Crippen LogP contribution in [0, 0.1) is 31.1 Å². The molecule has 0 spiro atoms. The smallest absolute Gasteiger partial charge is 0.237 e. The van der Waals surface area contributed by atoms with Gasteiger partial charge in [-0.1, -0.05) is 13.8 Å². The second-order valence-electron chi connectivity index (χ2n) is 4.96. The van der Waals surface area contributed by atoms with Gasteiger partial charge in [0.2, 0.25) is 5.91 Å². The zero-order valence-electron chi connectivity index (χ0n) is 11.8. The molecule has 0 saturated carbocycles. The number of rotatable bonds is 5. The lowest BCUT2D eigenvalue weighted by Gasteiger charge is -2.25. The van der Waals surface area contributed by atoms with Crippen LogP contribution in [-0.4, -0.2) is 29.2 Å². The van der Waals surface area contributed by atoms with Gasteiger partial charge in [0, 0.05) is 6.54 Å². The molecule has 0 aromatic carbocycles. The molecule has 1 amide bonds. The normalized spacial score (nSPS) is 10.3. The Morgan fingerprint density at radius 3 is 2.53 bits per heavy atom. The Hall–Kier alpha value is -2.16. The number of hydrogen-bond acceptors (Lipinski definition) is 5. The van der Waals surface area contributed by atoms with Gasteiger partial charge < -0.3 is 10.6 Å². The van der Waals surface area contributed by atoms with E-state index in [2.05, 4.69) is 16.3 Å². The maximum Gasteiger partial charge on any atom is 0.237 e. The quantitative estimate of drug-likeness (QED) is 0.850. The first-order valence-electron chi connectivity index (χ1n) is 6.14. The van der Waals surface area contributed by atoms with Crippen LogP contribution in [0.1, 0.15) is 30.7 Å². The molecule has 6 heteroatoms. The molecule has 1 aromatic rings. The molecule has 0 aliphatic carbocycles. The highest BCUT2D eigenvalue weighted by Crippen LogP contribution is 2.21. The van der Waals surface area contributed by atoms with Gasteiger partial charge in [-0.3, -0.25) is 4.79 Å². The molecular weight excluding hydrogens is 242 g/mol. The summed E-state index contributed by atoms with van der Waals surface area (Å²) in [5.74, 6) is 0.289. The molecular formula is C13H19N5O. The van der Waals surface area contributed by atoms with Gasteiger partial charge in [-0.15, -0.1) is 5.10 Å². The first-order chi connectivity index (χ1) is 8.86. The minimum absolute atomic E-state index is 0.0318. The van der Waals surface area contributed by atoms with E-state index in [1.165, 1.54) is 0 Å². The SMILES string of the molecule is Cc1nnc(N(CC(N)=O)CC(C)C)c(C#N)c1C. The number of nitrogens with two attached hydrogens (primary N) is 1. The maximum atomic E-state index is 11.2. The summed E-state index contributed by atoms with van der Waals surface area (Å²) in [6.45, 7) is 8.29. The van der Waals surface area contributed by atoms with Crippen molar-refractivity contribution in [2.24, 2.45) is 11.7 Å². The zero-order chi connectivity index (χ0) is 14.6. The summed E-state index contributed by atoms with van der Waals surface area (Å²) in [5, 5.41) is 17.4. The number of amides is 1. The number of aryl methyl sites for hydroxylation is 1. The molecule has 1 rings (SSSR count). The highest BCUT2D eigenvalue weighted by molar-refractivity contribution is 5.79. The Morgan fingerprint density at radius 2 is 2.05 bits per heavy atom. The summed E-state index contributed by atoms with van der Waals surface area (Å²) in [7, 11) is 0. The Kier molecular flexibility index (Phi) is 4.81. The van der Waals surface area contributed by atoms with Crippen molar-refractivity contribution in [3.05, 3.63) is 16.8 Å². The summed E-state index contributed by atoms with van der Waals surface area (Å²) < 4.78 is 0. The van der Waals surface area contributed by atoms with Crippen LogP contribution in [-0.2, 0) is 4.79 Å². The second kappa shape index (κ2) is 6.14. The number of aromatic nitrogens is 2. The lowest BCUT2D eigenvalue weighted by atomic mass is 10.1. The number of hydrogen-bond donors (Lipinski definition) is 1. The molecule has 102 valence electrons. The summed E-state index contributed by atoms with van der Waals surface area (Å²) >= 11 is 0. The molecule has 0 aliphatic heterocycles. The van der Waals surface area contributed by atoms with Gasteiger partial charge in [-0.05, 0) is 25.3 Å². The molecule has 0 unspecified atom stereocenters. The van der Waals surface area contributed by atoms with Crippen molar-refractivity contribution in [1.29, 1.82) is 5.26 Å². The standard InChI is InChI=1S/C13H19N5O/c1-8(2)6-18(7-12(15)19)13-11(5-14)9(3)10(4)16-17-13/h8H,6-7H2,1-4H3,(H2,15,19). The van der Waals surface area contributed by atoms with Gasteiger partial charge in [0.1, 0.15) is 11.6 Å². The Balaban J connectivity index is 3.26. The predicted octanol–water partition coefficient (Wildman–Crippen LogP) is 0.913. The number of anilines is 1. The van der Waals surface area contributed by atoms with E-state index in [4.69, 9.17) is 5.73 Å². The van der Waals surface area contributed by atoms with E-state index in [9.17, 15) is 10.1 Å². The van der Waals surface area contributed by atoms with E-state index >= 15 is 0 Å². The van der Waals surface area contributed by atoms with Crippen molar-refractivity contribution < 1.29 is 4.79 Å². The van der Waals surface area contributed by atoms with Crippen molar-refractivity contribution in [1.82, 2.24) is 10.2 Å². The van der Waals surface area contributed by atoms with Gasteiger partial charge in [-0.25, -0.2) is 0 Å². The van der Waals surface area contributed by atoms with Crippen LogP contribution < -0.4 is 10.6 Å². The molecule has 0 atom stereocenters. The molecule has 19 heavy (non-hydrogen) atoms. The van der Waals surface area contributed by atoms with E-state index in [1.54, 1.807) is 11.8 Å². The first kappa shape index (κ1) is 14.9. The Labute approximate surface area is 113 Å². The molecule has 0 bridgehead atoms. The third-order valence-corrected chi connectivity index (χ3v) is 2.78. The van der Waals surface area contributed by atoms with Crippen LogP contribution in [0.25, 0.3) is 0 Å². The van der Waals surface area contributed by atoms with Crippen LogP contribution in [0.15, 0.2) is 0 Å². The van der Waals surface area contributed by atoms with Gasteiger partial charge in [-0.2, -0.15) is 10.4 Å². The van der Waals surface area contributed by atoms with E-state index in [0.717, 1.165) is 5.56 Å². The highest BCUT2D eigenvalue weighted by Gasteiger charge is 2.19. The van der Waals surface area contributed by atoms with Crippen molar-refractivity contribution in [3.63, 3.8) is 0 Å². The summed E-state index contributed by atoms with van der Waals surface area (Å²) in [6, 6.07) is 2.14. The molecule has 0 saturated heterocycles. The molecule has 6 nitrogen and oxygen atoms in total. The fourth-order valence-electron chi connectivity index (χ4n) is 1.81. The monoisotopic (exact) mass is 261 g/mol. The van der Waals surface area contributed by atoms with Gasteiger partial charge in [0.25, 0.3) is 0 Å². The summed E-state index contributed by atoms with van der Waals surface area (Å²) in [5.41, 5.74) is 7.20. The topological polar surface area (TPSA) is 95.9 Å². The van der Waals surface area contributed by atoms with Crippen LogP contribution in [0.2, 0.25) is 0 Å². The average Bonchev–Trinajstić information content (AvgIpc) is 2.30. The number of nitrogens with zero attached hydrogens (tertiary/aromatic N) is 4. The second-order valence-corrected chi connectivity index (χ2v) is 4.96. The zero-order valence-corrected chi connectivity index (χ0v) is 11.8. The van der Waals surface area contributed by atoms with Crippen LogP contribution in [0.5, 0.6) is 0 Å². The molecule has 0 radical (unpaired) electrons. The van der Waals surface area contributed by atoms with Crippen molar-refractivity contribution in [2.75, 3.05) is 18.0 Å². The third kappa shape index (κ3) is 3.65. The number of carbonyl (C=O) groups is 1. The minimum atomic E-state index is -0.454. The van der Waals surface area contributed by atoms with E-state index < -0.39 is 5.91 Å². The average molecular weight is 261 g/mol. The summed E-state index contributed by atoms with van der Waals surface area (Å²) in [4.78, 5) is 12.9. The molecule has 1 heterocycles. The van der Waals surface area contributed by atoms with Crippen LogP contribution >= 0.6 is 0 Å². The number of carbonyl (C=O) groups excluding carboxylic acids is 1. The van der Waals surface area contributed by atoms with E-state index in [0.29, 0.717) is 29.5 Å². The first-order valence-corrected chi connectivity index (χ1v) is 6.14. The van der Waals surface area contributed by atoms with Gasteiger partial charge in [0.15, 0.2) is 5.82 Å².